The quantitative estimate of drug-likeness (QED) is 0.674. The number of likely N-dealkylation sites (N-methyl/N-ethyl adjacent to an activating group) is 1. The van der Waals surface area contributed by atoms with Crippen LogP contribution >= 0.6 is 0 Å². The second-order valence-electron chi connectivity index (χ2n) is 4.35. The van der Waals surface area contributed by atoms with E-state index in [2.05, 4.69) is 23.0 Å². The molecular formula is C13H23N3O. The smallest absolute Gasteiger partial charge is 0.127 e. The van der Waals surface area contributed by atoms with Gasteiger partial charge in [-0.3, -0.25) is 4.90 Å². The van der Waals surface area contributed by atoms with Crippen molar-refractivity contribution in [2.24, 2.45) is 0 Å². The van der Waals surface area contributed by atoms with E-state index in [1.807, 2.05) is 38.2 Å². The molecule has 0 fully saturated rings. The predicted octanol–water partition coefficient (Wildman–Crippen LogP) is 1.62. The lowest BCUT2D eigenvalue weighted by Gasteiger charge is -2.17. The second kappa shape index (κ2) is 7.25. The summed E-state index contributed by atoms with van der Waals surface area (Å²) in [5.74, 6) is 0.991. The topological polar surface area (TPSA) is 28.6 Å². The van der Waals surface area contributed by atoms with Crippen LogP contribution in [0.3, 0.4) is 0 Å². The summed E-state index contributed by atoms with van der Waals surface area (Å²) in [7, 11) is 6.09. The zero-order valence-electron chi connectivity index (χ0n) is 11.3. The highest BCUT2D eigenvalue weighted by molar-refractivity contribution is 5.37. The van der Waals surface area contributed by atoms with Gasteiger partial charge in [-0.1, -0.05) is 6.07 Å². The van der Waals surface area contributed by atoms with Gasteiger partial charge in [0.2, 0.25) is 0 Å². The van der Waals surface area contributed by atoms with Crippen molar-refractivity contribution in [3.63, 3.8) is 0 Å². The van der Waals surface area contributed by atoms with E-state index in [0.29, 0.717) is 0 Å². The normalized spacial score (nSPS) is 10.9. The van der Waals surface area contributed by atoms with Crippen molar-refractivity contribution in [3.05, 3.63) is 23.9 Å². The molecule has 17 heavy (non-hydrogen) atoms. The van der Waals surface area contributed by atoms with Gasteiger partial charge >= 0.3 is 0 Å². The lowest BCUT2D eigenvalue weighted by molar-refractivity contribution is 0.120. The van der Waals surface area contributed by atoms with Crippen LogP contribution in [0, 0.1) is 0 Å². The molecule has 0 saturated carbocycles. The minimum atomic E-state index is 0.785. The Morgan fingerprint density at radius 1 is 1.24 bits per heavy atom. The molecule has 96 valence electrons. The summed E-state index contributed by atoms with van der Waals surface area (Å²) in [6.07, 6.45) is 1.94. The SMILES string of the molecule is CCOCCN(C)Cc1ccc(N(C)C)nc1. The number of nitrogens with zero attached hydrogens (tertiary/aromatic N) is 3. The number of hydrogen-bond donors (Lipinski definition) is 0. The van der Waals surface area contributed by atoms with Crippen molar-refractivity contribution < 1.29 is 4.74 Å². The van der Waals surface area contributed by atoms with Crippen LogP contribution in [-0.2, 0) is 11.3 Å². The van der Waals surface area contributed by atoms with Gasteiger partial charge in [0, 0.05) is 40.0 Å². The van der Waals surface area contributed by atoms with Gasteiger partial charge in [0.05, 0.1) is 6.61 Å². The first-order valence-electron chi connectivity index (χ1n) is 6.02. The maximum Gasteiger partial charge on any atom is 0.127 e. The lowest BCUT2D eigenvalue weighted by Crippen LogP contribution is -2.23. The zero-order chi connectivity index (χ0) is 12.7. The standard InChI is InChI=1S/C13H23N3O/c1-5-17-9-8-16(4)11-12-6-7-13(14-10-12)15(2)3/h6-7,10H,5,8-9,11H2,1-4H3. The van der Waals surface area contributed by atoms with Gasteiger partial charge < -0.3 is 9.64 Å². The summed E-state index contributed by atoms with van der Waals surface area (Å²) >= 11 is 0. The third-order valence-electron chi connectivity index (χ3n) is 2.54. The second-order valence-corrected chi connectivity index (χ2v) is 4.35. The van der Waals surface area contributed by atoms with Crippen LogP contribution < -0.4 is 4.90 Å². The summed E-state index contributed by atoms with van der Waals surface area (Å²) < 4.78 is 5.33. The highest BCUT2D eigenvalue weighted by Crippen LogP contribution is 2.09. The van der Waals surface area contributed by atoms with E-state index in [4.69, 9.17) is 4.74 Å². The van der Waals surface area contributed by atoms with E-state index in [9.17, 15) is 0 Å². The molecule has 1 heterocycles. The number of anilines is 1. The van der Waals surface area contributed by atoms with Crippen molar-refractivity contribution in [3.8, 4) is 0 Å². The molecule has 4 heteroatoms. The number of aromatic nitrogens is 1. The van der Waals surface area contributed by atoms with Gasteiger partial charge in [-0.25, -0.2) is 4.98 Å². The first-order valence-corrected chi connectivity index (χ1v) is 6.02. The molecule has 0 atom stereocenters. The fourth-order valence-electron chi connectivity index (χ4n) is 1.53. The largest absolute Gasteiger partial charge is 0.380 e. The van der Waals surface area contributed by atoms with Crippen molar-refractivity contribution in [2.75, 3.05) is 45.8 Å². The Morgan fingerprint density at radius 2 is 2.00 bits per heavy atom. The molecule has 0 unspecified atom stereocenters. The highest BCUT2D eigenvalue weighted by atomic mass is 16.5. The molecule has 0 aliphatic carbocycles. The molecule has 0 radical (unpaired) electrons. The summed E-state index contributed by atoms with van der Waals surface area (Å²) in [6.45, 7) is 5.45. The molecule has 0 aliphatic heterocycles. The minimum Gasteiger partial charge on any atom is -0.380 e. The van der Waals surface area contributed by atoms with Crippen LogP contribution in [0.4, 0.5) is 5.82 Å². The van der Waals surface area contributed by atoms with E-state index in [1.165, 1.54) is 5.56 Å². The fraction of sp³-hybridized carbons (Fsp3) is 0.615. The van der Waals surface area contributed by atoms with Crippen molar-refractivity contribution in [1.29, 1.82) is 0 Å². The third-order valence-corrected chi connectivity index (χ3v) is 2.54. The highest BCUT2D eigenvalue weighted by Gasteiger charge is 2.02. The first-order chi connectivity index (χ1) is 8.13. The molecular weight excluding hydrogens is 214 g/mol. The van der Waals surface area contributed by atoms with E-state index in [-0.39, 0.29) is 0 Å². The van der Waals surface area contributed by atoms with Crippen LogP contribution in [0.1, 0.15) is 12.5 Å². The summed E-state index contributed by atoms with van der Waals surface area (Å²) in [4.78, 5) is 8.64. The predicted molar refractivity (Wildman–Crippen MR) is 71.4 cm³/mol. The molecule has 0 aromatic carbocycles. The average Bonchev–Trinajstić information content (AvgIpc) is 2.30. The summed E-state index contributed by atoms with van der Waals surface area (Å²) in [6, 6.07) is 4.17. The Hall–Kier alpha value is -1.13. The van der Waals surface area contributed by atoms with Crippen molar-refractivity contribution >= 4 is 5.82 Å². The van der Waals surface area contributed by atoms with Gasteiger partial charge in [-0.2, -0.15) is 0 Å². The van der Waals surface area contributed by atoms with Gasteiger partial charge in [0.25, 0.3) is 0 Å². The third kappa shape index (κ3) is 5.15. The molecule has 1 aromatic heterocycles. The summed E-state index contributed by atoms with van der Waals surface area (Å²) in [5, 5.41) is 0. The number of ether oxygens (including phenoxy) is 1. The first kappa shape index (κ1) is 13.9. The molecule has 0 spiro atoms. The molecule has 4 nitrogen and oxygen atoms in total. The minimum absolute atomic E-state index is 0.785. The van der Waals surface area contributed by atoms with E-state index in [1.54, 1.807) is 0 Å². The van der Waals surface area contributed by atoms with Gasteiger partial charge in [0.1, 0.15) is 5.82 Å². The maximum atomic E-state index is 5.33. The van der Waals surface area contributed by atoms with Gasteiger partial charge in [-0.05, 0) is 25.6 Å². The number of pyridine rings is 1. The number of hydrogen-bond acceptors (Lipinski definition) is 4. The van der Waals surface area contributed by atoms with Gasteiger partial charge in [-0.15, -0.1) is 0 Å². The molecule has 0 bridgehead atoms. The van der Waals surface area contributed by atoms with Crippen LogP contribution in [0.5, 0.6) is 0 Å². The molecule has 0 N–H and O–H groups in total. The van der Waals surface area contributed by atoms with E-state index < -0.39 is 0 Å². The van der Waals surface area contributed by atoms with Crippen molar-refractivity contribution in [1.82, 2.24) is 9.88 Å². The number of rotatable bonds is 7. The Kier molecular flexibility index (Phi) is 5.94. The maximum absolute atomic E-state index is 5.33. The molecule has 0 aliphatic rings. The Labute approximate surface area is 104 Å². The molecule has 1 rings (SSSR count). The van der Waals surface area contributed by atoms with Crippen LogP contribution in [-0.4, -0.2) is 50.8 Å². The van der Waals surface area contributed by atoms with Crippen molar-refractivity contribution in [2.45, 2.75) is 13.5 Å². The van der Waals surface area contributed by atoms with Gasteiger partial charge in [0.15, 0.2) is 0 Å². The summed E-state index contributed by atoms with van der Waals surface area (Å²) in [5.41, 5.74) is 1.23. The van der Waals surface area contributed by atoms with E-state index in [0.717, 1.165) is 32.1 Å². The van der Waals surface area contributed by atoms with Crippen LogP contribution in [0.15, 0.2) is 18.3 Å². The molecule has 0 amide bonds. The Bertz CT molecular complexity index is 311. The lowest BCUT2D eigenvalue weighted by atomic mass is 10.2. The average molecular weight is 237 g/mol. The fourth-order valence-corrected chi connectivity index (χ4v) is 1.53. The van der Waals surface area contributed by atoms with E-state index >= 15 is 0 Å². The monoisotopic (exact) mass is 237 g/mol. The molecule has 1 aromatic rings. The van der Waals surface area contributed by atoms with Crippen LogP contribution in [0.2, 0.25) is 0 Å². The Balaban J connectivity index is 2.40. The van der Waals surface area contributed by atoms with Crippen LogP contribution in [0.25, 0.3) is 0 Å². The zero-order valence-corrected chi connectivity index (χ0v) is 11.3. The Morgan fingerprint density at radius 3 is 2.53 bits per heavy atom. The molecule has 0 saturated heterocycles.